The van der Waals surface area contributed by atoms with E-state index in [9.17, 15) is 8.42 Å². The summed E-state index contributed by atoms with van der Waals surface area (Å²) in [5, 5.41) is 8.31. The zero-order valence-corrected chi connectivity index (χ0v) is 20.8. The van der Waals surface area contributed by atoms with Crippen molar-refractivity contribution in [2.45, 2.75) is 43.2 Å². The van der Waals surface area contributed by atoms with Crippen molar-refractivity contribution in [1.82, 2.24) is 19.8 Å². The molecule has 0 bridgehead atoms. The van der Waals surface area contributed by atoms with E-state index in [-0.39, 0.29) is 4.90 Å². The number of likely N-dealkylation sites (tertiary alicyclic amines) is 2. The number of anilines is 3. The van der Waals surface area contributed by atoms with Gasteiger partial charge in [-0.3, -0.25) is 9.62 Å². The van der Waals surface area contributed by atoms with Crippen LogP contribution in [-0.2, 0) is 16.6 Å². The number of nitrogens with one attached hydrogen (secondary N) is 2. The highest BCUT2D eigenvalue weighted by molar-refractivity contribution is 7.93. The van der Waals surface area contributed by atoms with Crippen LogP contribution >= 0.6 is 22.7 Å². The van der Waals surface area contributed by atoms with Gasteiger partial charge in [-0.05, 0) is 69.6 Å². The van der Waals surface area contributed by atoms with E-state index < -0.39 is 10.0 Å². The van der Waals surface area contributed by atoms with Gasteiger partial charge in [0.2, 0.25) is 0 Å². The number of rotatable bonds is 9. The van der Waals surface area contributed by atoms with Gasteiger partial charge in [0.1, 0.15) is 0 Å². The predicted octanol–water partition coefficient (Wildman–Crippen LogP) is 4.20. The van der Waals surface area contributed by atoms with Gasteiger partial charge >= 0.3 is 0 Å². The lowest BCUT2D eigenvalue weighted by molar-refractivity contribution is 0.184. The van der Waals surface area contributed by atoms with E-state index in [0.717, 1.165) is 29.6 Å². The van der Waals surface area contributed by atoms with Crippen molar-refractivity contribution in [2.75, 3.05) is 36.2 Å². The lowest BCUT2D eigenvalue weighted by Gasteiger charge is -2.27. The molecule has 5 rings (SSSR count). The molecule has 0 spiro atoms. The van der Waals surface area contributed by atoms with Crippen LogP contribution in [0, 0.1) is 0 Å². The van der Waals surface area contributed by atoms with Crippen molar-refractivity contribution < 1.29 is 8.42 Å². The molecule has 1 aromatic carbocycles. The monoisotopic (exact) mass is 504 g/mol. The van der Waals surface area contributed by atoms with E-state index in [2.05, 4.69) is 30.2 Å². The fourth-order valence-corrected chi connectivity index (χ4v) is 7.02. The van der Waals surface area contributed by atoms with Gasteiger partial charge < -0.3 is 10.2 Å². The molecule has 33 heavy (non-hydrogen) atoms. The van der Waals surface area contributed by atoms with Crippen LogP contribution in [-0.4, -0.2) is 60.4 Å². The fourth-order valence-electron chi connectivity index (χ4n) is 4.51. The standard InChI is InChI=1S/C22H28N6O2S3/c29-33(30,26-21-23-9-13-31-21)20-7-5-17(6-8-20)24-22-25-18(16-32-22)14-28-12-3-4-19(28)15-27-10-1-2-11-27/h5-9,13,16,19H,1-4,10-12,14-15H2,(H,23,26)(H,24,25)/t19-/m0/s1. The third-order valence-corrected chi connectivity index (χ3v) is 9.13. The molecule has 2 aromatic heterocycles. The van der Waals surface area contributed by atoms with Crippen LogP contribution in [0.2, 0.25) is 0 Å². The van der Waals surface area contributed by atoms with E-state index in [1.54, 1.807) is 47.2 Å². The first-order valence-corrected chi connectivity index (χ1v) is 14.5. The summed E-state index contributed by atoms with van der Waals surface area (Å²) >= 11 is 2.82. The maximum absolute atomic E-state index is 12.5. The minimum atomic E-state index is -3.65. The molecule has 0 saturated carbocycles. The Hall–Kier alpha value is -2.05. The normalized spacial score (nSPS) is 19.8. The molecule has 8 nitrogen and oxygen atoms in total. The quantitative estimate of drug-likeness (QED) is 0.451. The summed E-state index contributed by atoms with van der Waals surface area (Å²) in [6.45, 7) is 5.70. The minimum absolute atomic E-state index is 0.196. The maximum atomic E-state index is 12.5. The summed E-state index contributed by atoms with van der Waals surface area (Å²) < 4.78 is 27.5. The molecule has 1 atom stereocenters. The first-order valence-electron chi connectivity index (χ1n) is 11.3. The summed E-state index contributed by atoms with van der Waals surface area (Å²) in [6, 6.07) is 7.31. The van der Waals surface area contributed by atoms with Gasteiger partial charge in [-0.25, -0.2) is 18.4 Å². The topological polar surface area (TPSA) is 90.5 Å². The Bertz CT molecular complexity index is 1140. The second kappa shape index (κ2) is 10.1. The van der Waals surface area contributed by atoms with Crippen molar-refractivity contribution >= 4 is 48.6 Å². The van der Waals surface area contributed by atoms with Crippen molar-refractivity contribution in [2.24, 2.45) is 0 Å². The highest BCUT2D eigenvalue weighted by Gasteiger charge is 2.28. The predicted molar refractivity (Wildman–Crippen MR) is 134 cm³/mol. The van der Waals surface area contributed by atoms with Crippen LogP contribution in [0.25, 0.3) is 0 Å². The first-order chi connectivity index (χ1) is 16.0. The zero-order valence-electron chi connectivity index (χ0n) is 18.3. The van der Waals surface area contributed by atoms with Crippen molar-refractivity contribution in [3.63, 3.8) is 0 Å². The molecule has 0 aliphatic carbocycles. The van der Waals surface area contributed by atoms with Crippen molar-refractivity contribution in [1.29, 1.82) is 0 Å². The van der Waals surface area contributed by atoms with E-state index >= 15 is 0 Å². The van der Waals surface area contributed by atoms with E-state index in [0.29, 0.717) is 11.2 Å². The third kappa shape index (κ3) is 5.72. The molecular weight excluding hydrogens is 476 g/mol. The van der Waals surface area contributed by atoms with Crippen molar-refractivity contribution in [3.05, 3.63) is 46.9 Å². The molecule has 4 heterocycles. The van der Waals surface area contributed by atoms with Crippen LogP contribution in [0.1, 0.15) is 31.4 Å². The molecule has 0 radical (unpaired) electrons. The van der Waals surface area contributed by atoms with Gasteiger partial charge in [0, 0.05) is 41.8 Å². The first kappa shape index (κ1) is 22.7. The number of thiazole rings is 2. The fraction of sp³-hybridized carbons (Fsp3) is 0.455. The summed E-state index contributed by atoms with van der Waals surface area (Å²) in [5.74, 6) is 0. The number of benzene rings is 1. The molecule has 2 fully saturated rings. The average molecular weight is 505 g/mol. The summed E-state index contributed by atoms with van der Waals surface area (Å²) in [7, 11) is -3.65. The molecule has 2 N–H and O–H groups in total. The smallest absolute Gasteiger partial charge is 0.263 e. The molecule has 2 aliphatic rings. The van der Waals surface area contributed by atoms with E-state index in [4.69, 9.17) is 4.98 Å². The number of sulfonamides is 1. The zero-order chi connectivity index (χ0) is 22.7. The molecule has 11 heteroatoms. The third-order valence-electron chi connectivity index (χ3n) is 6.15. The van der Waals surface area contributed by atoms with Crippen LogP contribution in [0.4, 0.5) is 16.0 Å². The molecule has 0 unspecified atom stereocenters. The Labute approximate surface area is 202 Å². The van der Waals surface area contributed by atoms with Gasteiger partial charge in [0.25, 0.3) is 10.0 Å². The van der Waals surface area contributed by atoms with Gasteiger partial charge in [0.05, 0.1) is 10.6 Å². The van der Waals surface area contributed by atoms with Crippen LogP contribution in [0.15, 0.2) is 46.1 Å². The Balaban J connectivity index is 1.17. The Kier molecular flexibility index (Phi) is 6.93. The van der Waals surface area contributed by atoms with Crippen LogP contribution in [0.5, 0.6) is 0 Å². The molecule has 2 aliphatic heterocycles. The summed E-state index contributed by atoms with van der Waals surface area (Å²) in [6.07, 6.45) is 6.78. The Morgan fingerprint density at radius 1 is 1.03 bits per heavy atom. The molecule has 3 aromatic rings. The average Bonchev–Trinajstić information content (AvgIpc) is 3.60. The summed E-state index contributed by atoms with van der Waals surface area (Å²) in [4.78, 5) is 14.1. The van der Waals surface area contributed by atoms with Crippen LogP contribution < -0.4 is 10.0 Å². The number of hydrogen-bond acceptors (Lipinski definition) is 9. The van der Waals surface area contributed by atoms with Gasteiger partial charge in [-0.2, -0.15) is 0 Å². The second-order valence-electron chi connectivity index (χ2n) is 8.51. The van der Waals surface area contributed by atoms with Gasteiger partial charge in [0.15, 0.2) is 10.3 Å². The highest BCUT2D eigenvalue weighted by Crippen LogP contribution is 2.26. The molecular formula is C22H28N6O2S3. The Morgan fingerprint density at radius 2 is 1.85 bits per heavy atom. The van der Waals surface area contributed by atoms with Gasteiger partial charge in [-0.15, -0.1) is 22.7 Å². The second-order valence-corrected chi connectivity index (χ2v) is 11.9. The lowest BCUT2D eigenvalue weighted by Crippen LogP contribution is -2.38. The molecule has 176 valence electrons. The van der Waals surface area contributed by atoms with E-state index in [1.807, 2.05) is 0 Å². The minimum Gasteiger partial charge on any atom is -0.332 e. The van der Waals surface area contributed by atoms with Crippen LogP contribution in [0.3, 0.4) is 0 Å². The lowest BCUT2D eigenvalue weighted by atomic mass is 10.2. The summed E-state index contributed by atoms with van der Waals surface area (Å²) in [5.41, 5.74) is 1.89. The highest BCUT2D eigenvalue weighted by atomic mass is 32.2. The number of hydrogen-bond donors (Lipinski definition) is 2. The van der Waals surface area contributed by atoms with E-state index in [1.165, 1.54) is 56.7 Å². The number of nitrogens with zero attached hydrogens (tertiary/aromatic N) is 4. The van der Waals surface area contributed by atoms with Crippen molar-refractivity contribution in [3.8, 4) is 0 Å². The Morgan fingerprint density at radius 3 is 2.61 bits per heavy atom. The SMILES string of the molecule is O=S(=O)(Nc1nccs1)c1ccc(Nc2nc(CN3CCC[C@H]3CN3CCCC3)cs2)cc1. The largest absolute Gasteiger partial charge is 0.332 e. The molecule has 2 saturated heterocycles. The van der Waals surface area contributed by atoms with Gasteiger partial charge in [-0.1, -0.05) is 0 Å². The molecule has 0 amide bonds. The maximum Gasteiger partial charge on any atom is 0.263 e. The number of aromatic nitrogens is 2.